The third-order valence-electron chi connectivity index (χ3n) is 2.52. The molecule has 0 aliphatic heterocycles. The van der Waals surface area contributed by atoms with Gasteiger partial charge in [0.1, 0.15) is 5.52 Å². The van der Waals surface area contributed by atoms with E-state index in [4.69, 9.17) is 4.42 Å². The average Bonchev–Trinajstić information content (AvgIpc) is 2.77. The zero-order valence-corrected chi connectivity index (χ0v) is 11.6. The molecule has 0 amide bonds. The van der Waals surface area contributed by atoms with E-state index in [-0.39, 0.29) is 11.7 Å². The van der Waals surface area contributed by atoms with Crippen molar-refractivity contribution in [3.63, 3.8) is 0 Å². The Hall–Kier alpha value is -1.76. The molecule has 1 aromatic carbocycles. The van der Waals surface area contributed by atoms with E-state index in [1.165, 1.54) is 12.1 Å². The van der Waals surface area contributed by atoms with Gasteiger partial charge in [0.2, 0.25) is 0 Å². The van der Waals surface area contributed by atoms with Crippen molar-refractivity contribution in [2.75, 3.05) is 16.8 Å². The molecule has 1 atom stereocenters. The monoisotopic (exact) mass is 281 g/mol. The minimum absolute atomic E-state index is 0.00443. The molecule has 0 fully saturated rings. The number of benzene rings is 1. The number of rotatable bonds is 6. The fourth-order valence-corrected chi connectivity index (χ4v) is 2.31. The Morgan fingerprint density at radius 1 is 1.58 bits per heavy atom. The number of nitrogens with one attached hydrogen (secondary N) is 1. The van der Waals surface area contributed by atoms with Gasteiger partial charge >= 0.3 is 0 Å². The van der Waals surface area contributed by atoms with Crippen molar-refractivity contribution in [3.8, 4) is 0 Å². The van der Waals surface area contributed by atoms with Crippen molar-refractivity contribution in [1.29, 1.82) is 0 Å². The van der Waals surface area contributed by atoms with E-state index in [0.29, 0.717) is 17.1 Å². The van der Waals surface area contributed by atoms with E-state index in [1.54, 1.807) is 6.07 Å². The molecule has 0 aliphatic carbocycles. The van der Waals surface area contributed by atoms with Gasteiger partial charge in [-0.25, -0.2) is 0 Å². The highest BCUT2D eigenvalue weighted by Crippen LogP contribution is 2.24. The predicted octanol–water partition coefficient (Wildman–Crippen LogP) is 3.29. The Bertz CT molecular complexity index is 585. The van der Waals surface area contributed by atoms with Crippen LogP contribution in [0.3, 0.4) is 0 Å². The first-order chi connectivity index (χ1) is 9.10. The van der Waals surface area contributed by atoms with E-state index in [0.717, 1.165) is 11.5 Å². The van der Waals surface area contributed by atoms with Crippen molar-refractivity contribution in [2.24, 2.45) is 0 Å². The molecule has 19 heavy (non-hydrogen) atoms. The van der Waals surface area contributed by atoms with E-state index in [1.807, 2.05) is 18.7 Å². The van der Waals surface area contributed by atoms with Crippen molar-refractivity contribution >= 4 is 34.6 Å². The highest BCUT2D eigenvalue weighted by molar-refractivity contribution is 7.99. The fraction of sp³-hybridized carbons (Fsp3) is 0.417. The zero-order valence-electron chi connectivity index (χ0n) is 10.8. The molecule has 1 unspecified atom stereocenters. The maximum atomic E-state index is 10.7. The lowest BCUT2D eigenvalue weighted by molar-refractivity contribution is -0.384. The Morgan fingerprint density at radius 2 is 2.37 bits per heavy atom. The zero-order chi connectivity index (χ0) is 13.8. The second-order valence-corrected chi connectivity index (χ2v) is 5.45. The van der Waals surface area contributed by atoms with Gasteiger partial charge in [-0.3, -0.25) is 10.1 Å². The van der Waals surface area contributed by atoms with Crippen LogP contribution in [0.15, 0.2) is 22.6 Å². The van der Waals surface area contributed by atoms with Crippen LogP contribution in [0.2, 0.25) is 0 Å². The standard InChI is InChI=1S/C12H15N3O3S/c1-3-19-7-8(2)13-12-14-10-5-4-9(15(16)17)6-11(10)18-12/h4-6,8H,3,7H2,1-2H3,(H,13,14). The molecule has 0 aliphatic rings. The van der Waals surface area contributed by atoms with Gasteiger partial charge in [-0.15, -0.1) is 0 Å². The van der Waals surface area contributed by atoms with Crippen molar-refractivity contribution < 1.29 is 9.34 Å². The number of non-ortho nitro benzene ring substituents is 1. The molecular weight excluding hydrogens is 266 g/mol. The molecule has 2 aromatic rings. The second-order valence-electron chi connectivity index (χ2n) is 4.13. The van der Waals surface area contributed by atoms with Crippen LogP contribution in [0, 0.1) is 10.1 Å². The van der Waals surface area contributed by atoms with E-state index < -0.39 is 4.92 Å². The Labute approximate surface area is 114 Å². The highest BCUT2D eigenvalue weighted by Gasteiger charge is 2.12. The van der Waals surface area contributed by atoms with Crippen LogP contribution in [0.5, 0.6) is 0 Å². The highest BCUT2D eigenvalue weighted by atomic mass is 32.2. The predicted molar refractivity (Wildman–Crippen MR) is 76.7 cm³/mol. The van der Waals surface area contributed by atoms with Gasteiger partial charge in [-0.05, 0) is 18.7 Å². The summed E-state index contributed by atoms with van der Waals surface area (Å²) in [7, 11) is 0. The maximum Gasteiger partial charge on any atom is 0.295 e. The number of nitro groups is 1. The SMILES string of the molecule is CCSCC(C)Nc1nc2ccc([N+](=O)[O-])cc2o1. The molecule has 2 rings (SSSR count). The topological polar surface area (TPSA) is 81.2 Å². The van der Waals surface area contributed by atoms with Crippen molar-refractivity contribution in [1.82, 2.24) is 4.98 Å². The summed E-state index contributed by atoms with van der Waals surface area (Å²) in [5.41, 5.74) is 1.04. The fourth-order valence-electron chi connectivity index (χ4n) is 1.64. The van der Waals surface area contributed by atoms with Crippen LogP contribution in [-0.4, -0.2) is 27.5 Å². The lowest BCUT2D eigenvalue weighted by Crippen LogP contribution is -2.18. The summed E-state index contributed by atoms with van der Waals surface area (Å²) in [5, 5.41) is 13.8. The van der Waals surface area contributed by atoms with Gasteiger partial charge in [0.25, 0.3) is 11.7 Å². The van der Waals surface area contributed by atoms with Crippen LogP contribution < -0.4 is 5.32 Å². The summed E-state index contributed by atoms with van der Waals surface area (Å²) in [6.07, 6.45) is 0. The number of fused-ring (bicyclic) bond motifs is 1. The lowest BCUT2D eigenvalue weighted by atomic mass is 10.3. The number of aromatic nitrogens is 1. The number of hydrogen-bond donors (Lipinski definition) is 1. The summed E-state index contributed by atoms with van der Waals surface area (Å²) in [4.78, 5) is 14.5. The number of oxazole rings is 1. The molecule has 1 N–H and O–H groups in total. The molecule has 7 heteroatoms. The van der Waals surface area contributed by atoms with Crippen LogP contribution in [0.1, 0.15) is 13.8 Å². The van der Waals surface area contributed by atoms with Gasteiger partial charge in [0.05, 0.1) is 11.0 Å². The van der Waals surface area contributed by atoms with Crippen LogP contribution >= 0.6 is 11.8 Å². The molecule has 1 heterocycles. The van der Waals surface area contributed by atoms with E-state index >= 15 is 0 Å². The normalized spacial score (nSPS) is 12.5. The molecule has 0 saturated carbocycles. The quantitative estimate of drug-likeness (QED) is 0.646. The third-order valence-corrected chi connectivity index (χ3v) is 3.67. The molecule has 0 bridgehead atoms. The summed E-state index contributed by atoms with van der Waals surface area (Å²) in [5.74, 6) is 2.02. The first-order valence-electron chi connectivity index (χ1n) is 5.99. The first kappa shape index (κ1) is 13.7. The van der Waals surface area contributed by atoms with E-state index in [9.17, 15) is 10.1 Å². The number of thioether (sulfide) groups is 1. The minimum atomic E-state index is -0.449. The third kappa shape index (κ3) is 3.37. The number of nitro benzene ring substituents is 1. The maximum absolute atomic E-state index is 10.7. The molecular formula is C12H15N3O3S. The number of anilines is 1. The summed E-state index contributed by atoms with van der Waals surface area (Å²) < 4.78 is 5.47. The minimum Gasteiger partial charge on any atom is -0.423 e. The largest absolute Gasteiger partial charge is 0.423 e. The Balaban J connectivity index is 2.15. The van der Waals surface area contributed by atoms with Crippen LogP contribution in [0.25, 0.3) is 11.1 Å². The summed E-state index contributed by atoms with van der Waals surface area (Å²) in [6.45, 7) is 4.15. The molecule has 0 radical (unpaired) electrons. The van der Waals surface area contributed by atoms with Crippen molar-refractivity contribution in [3.05, 3.63) is 28.3 Å². The molecule has 6 nitrogen and oxygen atoms in total. The van der Waals surface area contributed by atoms with E-state index in [2.05, 4.69) is 17.2 Å². The van der Waals surface area contributed by atoms with Gasteiger partial charge in [0, 0.05) is 17.9 Å². The smallest absolute Gasteiger partial charge is 0.295 e. The molecule has 1 aromatic heterocycles. The first-order valence-corrected chi connectivity index (χ1v) is 7.15. The van der Waals surface area contributed by atoms with Crippen LogP contribution in [-0.2, 0) is 0 Å². The van der Waals surface area contributed by atoms with Gasteiger partial charge in [0.15, 0.2) is 5.58 Å². The van der Waals surface area contributed by atoms with Gasteiger partial charge in [-0.1, -0.05) is 6.92 Å². The Morgan fingerprint density at radius 3 is 3.05 bits per heavy atom. The van der Waals surface area contributed by atoms with Gasteiger partial charge in [-0.2, -0.15) is 16.7 Å². The average molecular weight is 281 g/mol. The molecule has 102 valence electrons. The number of nitrogens with zero attached hydrogens (tertiary/aromatic N) is 2. The summed E-state index contributed by atoms with van der Waals surface area (Å²) in [6, 6.07) is 5.03. The Kier molecular flexibility index (Phi) is 4.26. The second kappa shape index (κ2) is 5.92. The number of hydrogen-bond acceptors (Lipinski definition) is 6. The lowest BCUT2D eigenvalue weighted by Gasteiger charge is -2.10. The van der Waals surface area contributed by atoms with Gasteiger partial charge < -0.3 is 9.73 Å². The summed E-state index contributed by atoms with van der Waals surface area (Å²) >= 11 is 1.83. The van der Waals surface area contributed by atoms with Crippen LogP contribution in [0.4, 0.5) is 11.7 Å². The van der Waals surface area contributed by atoms with Crippen molar-refractivity contribution in [2.45, 2.75) is 19.9 Å². The molecule has 0 saturated heterocycles. The molecule has 0 spiro atoms.